The zero-order valence-corrected chi connectivity index (χ0v) is 19.5. The van der Waals surface area contributed by atoms with Gasteiger partial charge in [-0.3, -0.25) is 19.9 Å². The molecule has 0 amide bonds. The first kappa shape index (κ1) is 22.4. The van der Waals surface area contributed by atoms with E-state index in [-0.39, 0.29) is 0 Å². The number of pyridine rings is 3. The van der Waals surface area contributed by atoms with Crippen molar-refractivity contribution in [1.29, 1.82) is 0 Å². The summed E-state index contributed by atoms with van der Waals surface area (Å²) in [5, 5.41) is 3.48. The van der Waals surface area contributed by atoms with Crippen molar-refractivity contribution in [2.45, 2.75) is 44.9 Å². The molecule has 4 aromatic rings. The van der Waals surface area contributed by atoms with E-state index in [1.807, 2.05) is 42.9 Å². The SMILES string of the molecule is c1ccc(CNCc2ccc(CN(Cc3ccccn3)CC3CCc4cccnc43)cc2)nc1. The summed E-state index contributed by atoms with van der Waals surface area (Å²) in [4.78, 5) is 16.2. The maximum atomic E-state index is 4.72. The number of fused-ring (bicyclic) bond motifs is 1. The highest BCUT2D eigenvalue weighted by Gasteiger charge is 2.25. The molecule has 5 nitrogen and oxygen atoms in total. The van der Waals surface area contributed by atoms with Gasteiger partial charge in [0.05, 0.1) is 11.4 Å². The first-order valence-electron chi connectivity index (χ1n) is 12.1. The molecule has 0 saturated heterocycles. The fourth-order valence-electron chi connectivity index (χ4n) is 4.75. The molecule has 0 aliphatic heterocycles. The van der Waals surface area contributed by atoms with E-state index in [0.717, 1.165) is 50.5 Å². The van der Waals surface area contributed by atoms with Gasteiger partial charge in [-0.2, -0.15) is 0 Å². The Kier molecular flexibility index (Phi) is 7.34. The number of rotatable bonds is 10. The summed E-state index contributed by atoms with van der Waals surface area (Å²) in [5.41, 5.74) is 7.47. The third kappa shape index (κ3) is 5.93. The predicted molar refractivity (Wildman–Crippen MR) is 135 cm³/mol. The van der Waals surface area contributed by atoms with E-state index in [2.05, 4.69) is 68.7 Å². The van der Waals surface area contributed by atoms with Crippen molar-refractivity contribution in [2.75, 3.05) is 6.54 Å². The molecule has 0 bridgehead atoms. The summed E-state index contributed by atoms with van der Waals surface area (Å²) in [6.07, 6.45) is 7.95. The van der Waals surface area contributed by atoms with Gasteiger partial charge in [-0.05, 0) is 59.9 Å². The molecule has 172 valence electrons. The van der Waals surface area contributed by atoms with Crippen molar-refractivity contribution >= 4 is 0 Å². The summed E-state index contributed by atoms with van der Waals surface area (Å²) >= 11 is 0. The van der Waals surface area contributed by atoms with Crippen LogP contribution in [0.25, 0.3) is 0 Å². The third-order valence-corrected chi connectivity index (χ3v) is 6.46. The quantitative estimate of drug-likeness (QED) is 0.373. The maximum absolute atomic E-state index is 4.72. The monoisotopic (exact) mass is 449 g/mol. The van der Waals surface area contributed by atoms with E-state index >= 15 is 0 Å². The average Bonchev–Trinajstić information content (AvgIpc) is 3.29. The number of nitrogens with zero attached hydrogens (tertiary/aromatic N) is 4. The maximum Gasteiger partial charge on any atom is 0.0544 e. The van der Waals surface area contributed by atoms with Crippen LogP contribution in [0, 0.1) is 0 Å². The van der Waals surface area contributed by atoms with Crippen LogP contribution in [0.3, 0.4) is 0 Å². The van der Waals surface area contributed by atoms with Gasteiger partial charge in [0.25, 0.3) is 0 Å². The highest BCUT2D eigenvalue weighted by molar-refractivity contribution is 5.29. The van der Waals surface area contributed by atoms with Gasteiger partial charge in [0, 0.05) is 62.9 Å². The first-order valence-corrected chi connectivity index (χ1v) is 12.1. The highest BCUT2D eigenvalue weighted by atomic mass is 15.1. The zero-order valence-electron chi connectivity index (χ0n) is 19.5. The Morgan fingerprint density at radius 1 is 0.706 bits per heavy atom. The molecule has 0 spiro atoms. The predicted octanol–water partition coefficient (Wildman–Crippen LogP) is 4.89. The molecule has 0 fully saturated rings. The molecule has 3 aromatic heterocycles. The summed E-state index contributed by atoms with van der Waals surface area (Å²) in [7, 11) is 0. The Morgan fingerprint density at radius 3 is 2.21 bits per heavy atom. The number of benzene rings is 1. The van der Waals surface area contributed by atoms with Crippen LogP contribution in [0.2, 0.25) is 0 Å². The van der Waals surface area contributed by atoms with Crippen molar-refractivity contribution in [2.24, 2.45) is 0 Å². The molecular weight excluding hydrogens is 418 g/mol. The molecule has 1 aliphatic rings. The number of hydrogen-bond acceptors (Lipinski definition) is 5. The summed E-state index contributed by atoms with van der Waals surface area (Å²) < 4.78 is 0. The van der Waals surface area contributed by atoms with Gasteiger partial charge in [-0.15, -0.1) is 0 Å². The molecule has 1 unspecified atom stereocenters. The summed E-state index contributed by atoms with van der Waals surface area (Å²) in [6.45, 7) is 4.34. The number of aromatic nitrogens is 3. The van der Waals surface area contributed by atoms with Gasteiger partial charge in [0.1, 0.15) is 0 Å². The van der Waals surface area contributed by atoms with Crippen LogP contribution in [0.4, 0.5) is 0 Å². The Balaban J connectivity index is 1.22. The van der Waals surface area contributed by atoms with E-state index in [1.165, 1.54) is 28.8 Å². The average molecular weight is 450 g/mol. The smallest absolute Gasteiger partial charge is 0.0544 e. The fraction of sp³-hybridized carbons (Fsp3) is 0.276. The van der Waals surface area contributed by atoms with Gasteiger partial charge in [0.15, 0.2) is 0 Å². The number of hydrogen-bond donors (Lipinski definition) is 1. The van der Waals surface area contributed by atoms with Crippen molar-refractivity contribution < 1.29 is 0 Å². The van der Waals surface area contributed by atoms with Crippen LogP contribution in [0.5, 0.6) is 0 Å². The molecule has 1 atom stereocenters. The van der Waals surface area contributed by atoms with E-state index in [4.69, 9.17) is 4.98 Å². The lowest BCUT2D eigenvalue weighted by Crippen LogP contribution is -2.28. The minimum atomic E-state index is 0.481. The Bertz CT molecular complexity index is 1160. The van der Waals surface area contributed by atoms with E-state index in [9.17, 15) is 0 Å². The molecular formula is C29H31N5. The normalized spacial score (nSPS) is 14.9. The van der Waals surface area contributed by atoms with Gasteiger partial charge in [0.2, 0.25) is 0 Å². The standard InChI is InChI=1S/C29H31N5/c1-3-15-31-27(7-1)19-30-18-23-9-11-24(12-10-23)20-34(22-28-8-2-4-16-32-28)21-26-14-13-25-6-5-17-33-29(25)26/h1-12,15-17,26,30H,13-14,18-22H2. The minimum Gasteiger partial charge on any atom is -0.307 e. The first-order chi connectivity index (χ1) is 16.8. The molecule has 34 heavy (non-hydrogen) atoms. The van der Waals surface area contributed by atoms with Crippen LogP contribution in [0.15, 0.2) is 91.4 Å². The number of nitrogens with one attached hydrogen (secondary N) is 1. The molecule has 1 N–H and O–H groups in total. The zero-order chi connectivity index (χ0) is 23.0. The van der Waals surface area contributed by atoms with Crippen LogP contribution in [0.1, 0.15) is 46.1 Å². The lowest BCUT2D eigenvalue weighted by atomic mass is 10.0. The largest absolute Gasteiger partial charge is 0.307 e. The van der Waals surface area contributed by atoms with E-state index in [0.29, 0.717) is 5.92 Å². The molecule has 1 aliphatic carbocycles. The fourth-order valence-corrected chi connectivity index (χ4v) is 4.75. The molecule has 5 heteroatoms. The topological polar surface area (TPSA) is 53.9 Å². The van der Waals surface area contributed by atoms with Crippen LogP contribution >= 0.6 is 0 Å². The van der Waals surface area contributed by atoms with Crippen LogP contribution in [-0.4, -0.2) is 26.4 Å². The van der Waals surface area contributed by atoms with Crippen LogP contribution in [-0.2, 0) is 32.6 Å². The second-order valence-corrected chi connectivity index (χ2v) is 9.02. The van der Waals surface area contributed by atoms with E-state index < -0.39 is 0 Å². The lowest BCUT2D eigenvalue weighted by molar-refractivity contribution is 0.235. The van der Waals surface area contributed by atoms with Crippen molar-refractivity contribution in [3.63, 3.8) is 0 Å². The lowest BCUT2D eigenvalue weighted by Gasteiger charge is -2.25. The van der Waals surface area contributed by atoms with Crippen LogP contribution < -0.4 is 5.32 Å². The second kappa shape index (κ2) is 11.1. The van der Waals surface area contributed by atoms with Gasteiger partial charge in [-0.1, -0.05) is 42.5 Å². The molecule has 3 heterocycles. The Labute approximate surface area is 201 Å². The third-order valence-electron chi connectivity index (χ3n) is 6.46. The molecule has 0 saturated carbocycles. The van der Waals surface area contributed by atoms with E-state index in [1.54, 1.807) is 0 Å². The van der Waals surface area contributed by atoms with Gasteiger partial charge >= 0.3 is 0 Å². The second-order valence-electron chi connectivity index (χ2n) is 9.02. The van der Waals surface area contributed by atoms with Gasteiger partial charge in [-0.25, -0.2) is 0 Å². The molecule has 5 rings (SSSR count). The van der Waals surface area contributed by atoms with Crippen molar-refractivity contribution in [3.05, 3.63) is 125 Å². The minimum absolute atomic E-state index is 0.481. The Morgan fingerprint density at radius 2 is 1.44 bits per heavy atom. The summed E-state index contributed by atoms with van der Waals surface area (Å²) in [5.74, 6) is 0.481. The molecule has 1 aromatic carbocycles. The van der Waals surface area contributed by atoms with Crippen molar-refractivity contribution in [1.82, 2.24) is 25.2 Å². The highest BCUT2D eigenvalue weighted by Crippen LogP contribution is 2.32. The Hall–Kier alpha value is -3.41. The summed E-state index contributed by atoms with van der Waals surface area (Å²) in [6, 6.07) is 25.4. The number of aryl methyl sites for hydroxylation is 1. The molecule has 0 radical (unpaired) electrons. The van der Waals surface area contributed by atoms with Crippen molar-refractivity contribution in [3.8, 4) is 0 Å². The van der Waals surface area contributed by atoms with Gasteiger partial charge < -0.3 is 5.32 Å².